The number of carbonyl (C=O) groups excluding carboxylic acids is 1. The number of nitrogens with one attached hydrogen (secondary N) is 1. The van der Waals surface area contributed by atoms with Crippen molar-refractivity contribution in [2.24, 2.45) is 0 Å². The van der Waals surface area contributed by atoms with E-state index < -0.39 is 0 Å². The lowest BCUT2D eigenvalue weighted by Crippen LogP contribution is -2.15. The normalized spacial score (nSPS) is 10.2. The summed E-state index contributed by atoms with van der Waals surface area (Å²) in [5.41, 5.74) is 0. The molecule has 2 heterocycles. The number of pyridine rings is 1. The highest BCUT2D eigenvalue weighted by atomic mass is 79.9. The van der Waals surface area contributed by atoms with Crippen molar-refractivity contribution in [3.05, 3.63) is 35.5 Å². The molecule has 0 aliphatic heterocycles. The lowest BCUT2D eigenvalue weighted by Gasteiger charge is -2.04. The summed E-state index contributed by atoms with van der Waals surface area (Å²) in [5.74, 6) is 0.425. The minimum Gasteiger partial charge on any atom is -0.311 e. The second-order valence-corrected chi connectivity index (χ2v) is 4.23. The van der Waals surface area contributed by atoms with E-state index in [-0.39, 0.29) is 5.91 Å². The highest BCUT2D eigenvalue weighted by Gasteiger charge is 2.04. The third-order valence-electron chi connectivity index (χ3n) is 2.02. The monoisotopic (exact) mass is 295 g/mol. The minimum atomic E-state index is -0.105. The van der Waals surface area contributed by atoms with Crippen LogP contribution in [-0.2, 0) is 11.3 Å². The van der Waals surface area contributed by atoms with Gasteiger partial charge in [-0.1, -0.05) is 15.9 Å². The van der Waals surface area contributed by atoms with E-state index in [0.29, 0.717) is 18.8 Å². The number of aryl methyl sites for hydroxylation is 1. The van der Waals surface area contributed by atoms with Crippen LogP contribution in [0.3, 0.4) is 0 Å². The Morgan fingerprint density at radius 3 is 3.12 bits per heavy atom. The molecule has 0 saturated heterocycles. The van der Waals surface area contributed by atoms with Crippen LogP contribution in [0.25, 0.3) is 0 Å². The molecule has 0 spiro atoms. The summed E-state index contributed by atoms with van der Waals surface area (Å²) in [4.78, 5) is 19.4. The third-order valence-corrected chi connectivity index (χ3v) is 2.52. The van der Waals surface area contributed by atoms with Crippen LogP contribution in [0.15, 0.2) is 35.5 Å². The zero-order valence-electron chi connectivity index (χ0n) is 8.88. The van der Waals surface area contributed by atoms with Crippen LogP contribution in [0.4, 0.5) is 5.82 Å². The van der Waals surface area contributed by atoms with Crippen molar-refractivity contribution in [2.45, 2.75) is 13.0 Å². The first kappa shape index (κ1) is 11.7. The van der Waals surface area contributed by atoms with E-state index in [1.165, 1.54) is 6.33 Å². The van der Waals surface area contributed by atoms with Gasteiger partial charge in [0.2, 0.25) is 5.91 Å². The lowest BCUT2D eigenvalue weighted by atomic mass is 10.4. The van der Waals surface area contributed by atoms with Crippen molar-refractivity contribution in [3.8, 4) is 0 Å². The van der Waals surface area contributed by atoms with Gasteiger partial charge in [-0.2, -0.15) is 5.10 Å². The van der Waals surface area contributed by atoms with Crippen molar-refractivity contribution in [3.63, 3.8) is 0 Å². The van der Waals surface area contributed by atoms with Crippen molar-refractivity contribution < 1.29 is 4.79 Å². The van der Waals surface area contributed by atoms with E-state index in [9.17, 15) is 4.79 Å². The summed E-state index contributed by atoms with van der Waals surface area (Å²) in [6, 6.07) is 3.54. The minimum absolute atomic E-state index is 0.105. The number of carbonyl (C=O) groups is 1. The smallest absolute Gasteiger partial charge is 0.227 e. The summed E-state index contributed by atoms with van der Waals surface area (Å²) in [6.07, 6.45) is 4.97. The molecular formula is C10H10BrN5O. The molecule has 88 valence electrons. The van der Waals surface area contributed by atoms with Gasteiger partial charge in [0.1, 0.15) is 18.5 Å². The SMILES string of the molecule is O=C(CCn1cncn1)Nc1cc(Br)ccn1. The van der Waals surface area contributed by atoms with Gasteiger partial charge in [-0.3, -0.25) is 9.48 Å². The van der Waals surface area contributed by atoms with E-state index in [0.717, 1.165) is 4.47 Å². The number of rotatable bonds is 4. The van der Waals surface area contributed by atoms with Gasteiger partial charge in [0.15, 0.2) is 0 Å². The molecule has 7 heteroatoms. The number of hydrogen-bond donors (Lipinski definition) is 1. The number of halogens is 1. The molecule has 6 nitrogen and oxygen atoms in total. The van der Waals surface area contributed by atoms with Crippen LogP contribution in [-0.4, -0.2) is 25.7 Å². The zero-order chi connectivity index (χ0) is 12.1. The van der Waals surface area contributed by atoms with E-state index in [4.69, 9.17) is 0 Å². The van der Waals surface area contributed by atoms with Crippen LogP contribution >= 0.6 is 15.9 Å². The van der Waals surface area contributed by atoms with Crippen LogP contribution in [0.5, 0.6) is 0 Å². The Kier molecular flexibility index (Phi) is 3.81. The Morgan fingerprint density at radius 1 is 1.53 bits per heavy atom. The van der Waals surface area contributed by atoms with Gasteiger partial charge in [0.25, 0.3) is 0 Å². The summed E-state index contributed by atoms with van der Waals surface area (Å²) >= 11 is 3.31. The maximum atomic E-state index is 11.6. The van der Waals surface area contributed by atoms with Crippen molar-refractivity contribution in [1.82, 2.24) is 19.7 Å². The van der Waals surface area contributed by atoms with Gasteiger partial charge < -0.3 is 5.32 Å². The van der Waals surface area contributed by atoms with Gasteiger partial charge in [-0.05, 0) is 12.1 Å². The highest BCUT2D eigenvalue weighted by Crippen LogP contribution is 2.12. The maximum absolute atomic E-state index is 11.6. The lowest BCUT2D eigenvalue weighted by molar-refractivity contribution is -0.116. The topological polar surface area (TPSA) is 72.7 Å². The number of aromatic nitrogens is 4. The largest absolute Gasteiger partial charge is 0.311 e. The van der Waals surface area contributed by atoms with Crippen molar-refractivity contribution >= 4 is 27.7 Å². The van der Waals surface area contributed by atoms with Crippen molar-refractivity contribution in [2.75, 3.05) is 5.32 Å². The van der Waals surface area contributed by atoms with Crippen LogP contribution < -0.4 is 5.32 Å². The molecule has 2 aromatic heterocycles. The van der Waals surface area contributed by atoms with E-state index in [1.54, 1.807) is 29.3 Å². The van der Waals surface area contributed by atoms with Gasteiger partial charge >= 0.3 is 0 Å². The fourth-order valence-electron chi connectivity index (χ4n) is 1.24. The second-order valence-electron chi connectivity index (χ2n) is 3.32. The molecule has 0 bridgehead atoms. The zero-order valence-corrected chi connectivity index (χ0v) is 10.5. The number of nitrogens with zero attached hydrogens (tertiary/aromatic N) is 4. The van der Waals surface area contributed by atoms with Gasteiger partial charge in [-0.25, -0.2) is 9.97 Å². The Hall–Kier alpha value is -1.76. The molecule has 0 aromatic carbocycles. The molecule has 0 atom stereocenters. The van der Waals surface area contributed by atoms with Gasteiger partial charge in [0, 0.05) is 17.1 Å². The third kappa shape index (κ3) is 3.63. The first-order valence-corrected chi connectivity index (χ1v) is 5.77. The number of hydrogen-bond acceptors (Lipinski definition) is 4. The molecule has 0 fully saturated rings. The molecule has 0 aliphatic carbocycles. The van der Waals surface area contributed by atoms with Crippen LogP contribution in [0, 0.1) is 0 Å². The van der Waals surface area contributed by atoms with E-state index in [2.05, 4.69) is 36.3 Å². The second kappa shape index (κ2) is 5.53. The quantitative estimate of drug-likeness (QED) is 0.927. The average molecular weight is 296 g/mol. The summed E-state index contributed by atoms with van der Waals surface area (Å²) < 4.78 is 2.48. The average Bonchev–Trinajstić information content (AvgIpc) is 2.79. The molecule has 0 unspecified atom stereocenters. The highest BCUT2D eigenvalue weighted by molar-refractivity contribution is 9.10. The summed E-state index contributed by atoms with van der Waals surface area (Å²) in [6.45, 7) is 0.500. The van der Waals surface area contributed by atoms with E-state index >= 15 is 0 Å². The molecule has 2 rings (SSSR count). The van der Waals surface area contributed by atoms with Crippen LogP contribution in [0.2, 0.25) is 0 Å². The maximum Gasteiger partial charge on any atom is 0.227 e. The molecule has 17 heavy (non-hydrogen) atoms. The van der Waals surface area contributed by atoms with Crippen LogP contribution in [0.1, 0.15) is 6.42 Å². The Balaban J connectivity index is 1.85. The number of anilines is 1. The molecule has 1 amide bonds. The first-order chi connectivity index (χ1) is 8.24. The summed E-state index contributed by atoms with van der Waals surface area (Å²) in [5, 5.41) is 6.62. The molecular weight excluding hydrogens is 286 g/mol. The Bertz CT molecular complexity index is 499. The number of amides is 1. The molecule has 0 saturated carbocycles. The fourth-order valence-corrected chi connectivity index (χ4v) is 1.58. The van der Waals surface area contributed by atoms with Crippen molar-refractivity contribution in [1.29, 1.82) is 0 Å². The standard InChI is InChI=1S/C10H10BrN5O/c11-8-1-3-13-9(5-8)15-10(17)2-4-16-7-12-6-14-16/h1,3,5-7H,2,4H2,(H,13,15,17). The Labute approximate surface area is 106 Å². The molecule has 0 aliphatic rings. The molecule has 2 aromatic rings. The predicted molar refractivity (Wildman–Crippen MR) is 65.2 cm³/mol. The summed E-state index contributed by atoms with van der Waals surface area (Å²) in [7, 11) is 0. The molecule has 1 N–H and O–H groups in total. The van der Waals surface area contributed by atoms with Gasteiger partial charge in [-0.15, -0.1) is 0 Å². The van der Waals surface area contributed by atoms with E-state index in [1.807, 2.05) is 0 Å². The predicted octanol–water partition coefficient (Wildman–Crippen LogP) is 1.46. The Morgan fingerprint density at radius 2 is 2.41 bits per heavy atom. The first-order valence-electron chi connectivity index (χ1n) is 4.98. The fraction of sp³-hybridized carbons (Fsp3) is 0.200. The van der Waals surface area contributed by atoms with Gasteiger partial charge in [0.05, 0.1) is 6.54 Å². The molecule has 0 radical (unpaired) electrons.